The first-order chi connectivity index (χ1) is 13.8. The Morgan fingerprint density at radius 3 is 2.72 bits per heavy atom. The number of fused-ring (bicyclic) bond motifs is 1. The van der Waals surface area contributed by atoms with E-state index >= 15 is 0 Å². The van der Waals surface area contributed by atoms with E-state index in [4.69, 9.17) is 0 Å². The smallest absolute Gasteiger partial charge is 0.194 e. The molecule has 0 bridgehead atoms. The number of nitrogens with zero attached hydrogens (tertiary/aromatic N) is 5. The van der Waals surface area contributed by atoms with Gasteiger partial charge in [-0.25, -0.2) is 0 Å². The molecule has 2 aliphatic heterocycles. The molecule has 6 nitrogen and oxygen atoms in total. The molecule has 3 heterocycles. The van der Waals surface area contributed by atoms with Crippen molar-refractivity contribution in [2.45, 2.75) is 58.0 Å². The maximum Gasteiger partial charge on any atom is 0.194 e. The summed E-state index contributed by atoms with van der Waals surface area (Å²) < 4.78 is 2.30. The van der Waals surface area contributed by atoms with Crippen molar-refractivity contribution >= 4 is 29.9 Å². The lowest BCUT2D eigenvalue weighted by atomic mass is 9.82. The van der Waals surface area contributed by atoms with Gasteiger partial charge in [0, 0.05) is 33.1 Å². The second-order valence-electron chi connectivity index (χ2n) is 8.12. The van der Waals surface area contributed by atoms with E-state index in [0.29, 0.717) is 18.4 Å². The van der Waals surface area contributed by atoms with Crippen molar-refractivity contribution in [3.63, 3.8) is 0 Å². The van der Waals surface area contributed by atoms with Gasteiger partial charge in [-0.2, -0.15) is 0 Å². The fourth-order valence-electron chi connectivity index (χ4n) is 4.70. The predicted octanol–water partition coefficient (Wildman–Crippen LogP) is 3.82. The number of nitrogens with one attached hydrogen (secondary N) is 1. The van der Waals surface area contributed by atoms with E-state index in [9.17, 15) is 0 Å². The quantitative estimate of drug-likeness (QED) is 0.389. The zero-order chi connectivity index (χ0) is 19.3. The Bertz CT molecular complexity index is 803. The molecule has 1 fully saturated rings. The van der Waals surface area contributed by atoms with Crippen LogP contribution in [0.25, 0.3) is 0 Å². The minimum atomic E-state index is 0. The largest absolute Gasteiger partial charge is 0.349 e. The number of aromatic nitrogens is 3. The molecular weight excluding hydrogens is 475 g/mol. The number of aliphatic imine (C=N–C) groups is 1. The highest BCUT2D eigenvalue weighted by atomic mass is 127. The number of guanidine groups is 1. The molecular formula is C22H33IN6. The molecule has 2 atom stereocenters. The molecule has 1 aromatic carbocycles. The van der Waals surface area contributed by atoms with Crippen molar-refractivity contribution < 1.29 is 0 Å². The number of rotatable bonds is 3. The van der Waals surface area contributed by atoms with Crippen LogP contribution < -0.4 is 5.32 Å². The first-order valence-corrected chi connectivity index (χ1v) is 10.7. The van der Waals surface area contributed by atoms with Gasteiger partial charge in [0.25, 0.3) is 0 Å². The number of aryl methyl sites for hydroxylation is 1. The van der Waals surface area contributed by atoms with Gasteiger partial charge in [-0.1, -0.05) is 43.7 Å². The summed E-state index contributed by atoms with van der Waals surface area (Å²) in [4.78, 5) is 6.94. The Hall–Kier alpha value is -1.64. The molecule has 2 unspecified atom stereocenters. The zero-order valence-corrected chi connectivity index (χ0v) is 19.9. The molecule has 4 rings (SSSR count). The lowest BCUT2D eigenvalue weighted by Gasteiger charge is -2.38. The summed E-state index contributed by atoms with van der Waals surface area (Å²) in [5, 5.41) is 12.4. The first kappa shape index (κ1) is 22.1. The summed E-state index contributed by atoms with van der Waals surface area (Å²) in [6.07, 6.45) is 5.93. The normalized spacial score (nSPS) is 22.4. The summed E-state index contributed by atoms with van der Waals surface area (Å²) in [6.45, 7) is 6.14. The van der Waals surface area contributed by atoms with Crippen LogP contribution in [0.2, 0.25) is 0 Å². The van der Waals surface area contributed by atoms with Gasteiger partial charge in [0.1, 0.15) is 5.82 Å². The lowest BCUT2D eigenvalue weighted by molar-refractivity contribution is 0.234. The van der Waals surface area contributed by atoms with Gasteiger partial charge in [-0.05, 0) is 36.7 Å². The summed E-state index contributed by atoms with van der Waals surface area (Å²) in [7, 11) is 1.88. The third kappa shape index (κ3) is 5.10. The molecule has 0 aliphatic carbocycles. The average Bonchev–Trinajstić information content (AvgIpc) is 2.95. The fourth-order valence-corrected chi connectivity index (χ4v) is 4.70. The molecule has 0 saturated carbocycles. The van der Waals surface area contributed by atoms with Gasteiger partial charge in [-0.3, -0.25) is 4.99 Å². The SMILES string of the molecule is CN=C(NCc1nnc2n1CCCCC2)N1CCC(c2ccccc2)C(C)C1.I. The van der Waals surface area contributed by atoms with E-state index in [0.717, 1.165) is 50.1 Å². The highest BCUT2D eigenvalue weighted by Gasteiger charge is 2.28. The Balaban J connectivity index is 0.00000240. The van der Waals surface area contributed by atoms with Crippen molar-refractivity contribution in [3.8, 4) is 0 Å². The molecule has 2 aromatic rings. The van der Waals surface area contributed by atoms with Gasteiger partial charge in [0.05, 0.1) is 6.54 Å². The van der Waals surface area contributed by atoms with Gasteiger partial charge in [-0.15, -0.1) is 34.2 Å². The van der Waals surface area contributed by atoms with E-state index < -0.39 is 0 Å². The Labute approximate surface area is 191 Å². The lowest BCUT2D eigenvalue weighted by Crippen LogP contribution is -2.47. The van der Waals surface area contributed by atoms with Gasteiger partial charge in [0.15, 0.2) is 11.8 Å². The number of piperidine rings is 1. The number of benzene rings is 1. The van der Waals surface area contributed by atoms with Crippen LogP contribution >= 0.6 is 24.0 Å². The number of hydrogen-bond acceptors (Lipinski definition) is 3. The van der Waals surface area contributed by atoms with E-state index in [-0.39, 0.29) is 24.0 Å². The second-order valence-corrected chi connectivity index (χ2v) is 8.12. The molecule has 0 radical (unpaired) electrons. The third-order valence-electron chi connectivity index (χ3n) is 6.24. The van der Waals surface area contributed by atoms with E-state index in [1.54, 1.807) is 0 Å². The second kappa shape index (κ2) is 10.4. The van der Waals surface area contributed by atoms with Crippen LogP contribution in [0.3, 0.4) is 0 Å². The number of likely N-dealkylation sites (tertiary alicyclic amines) is 1. The van der Waals surface area contributed by atoms with Crippen LogP contribution in [0.5, 0.6) is 0 Å². The molecule has 158 valence electrons. The first-order valence-electron chi connectivity index (χ1n) is 10.7. The fraction of sp³-hybridized carbons (Fsp3) is 0.591. The highest BCUT2D eigenvalue weighted by molar-refractivity contribution is 14.0. The van der Waals surface area contributed by atoms with Crippen molar-refractivity contribution in [3.05, 3.63) is 47.5 Å². The predicted molar refractivity (Wildman–Crippen MR) is 128 cm³/mol. The monoisotopic (exact) mass is 508 g/mol. The van der Waals surface area contributed by atoms with Gasteiger partial charge >= 0.3 is 0 Å². The van der Waals surface area contributed by atoms with E-state index in [1.807, 2.05) is 7.05 Å². The molecule has 1 aromatic heterocycles. The molecule has 7 heteroatoms. The molecule has 1 saturated heterocycles. The summed E-state index contributed by atoms with van der Waals surface area (Å²) in [5.74, 6) is 4.37. The van der Waals surface area contributed by atoms with Gasteiger partial charge < -0.3 is 14.8 Å². The number of halogens is 1. The van der Waals surface area contributed by atoms with Crippen molar-refractivity contribution in [1.29, 1.82) is 0 Å². The minimum Gasteiger partial charge on any atom is -0.349 e. The van der Waals surface area contributed by atoms with Crippen LogP contribution in [-0.2, 0) is 19.5 Å². The average molecular weight is 508 g/mol. The molecule has 0 spiro atoms. The Morgan fingerprint density at radius 1 is 1.14 bits per heavy atom. The maximum atomic E-state index is 4.55. The minimum absolute atomic E-state index is 0. The van der Waals surface area contributed by atoms with Crippen molar-refractivity contribution in [1.82, 2.24) is 25.0 Å². The van der Waals surface area contributed by atoms with Crippen LogP contribution in [0.1, 0.15) is 55.7 Å². The topological polar surface area (TPSA) is 58.3 Å². The van der Waals surface area contributed by atoms with Crippen LogP contribution in [0, 0.1) is 5.92 Å². The van der Waals surface area contributed by atoms with Crippen LogP contribution in [0.4, 0.5) is 0 Å². The third-order valence-corrected chi connectivity index (χ3v) is 6.24. The Morgan fingerprint density at radius 2 is 1.97 bits per heavy atom. The molecule has 0 amide bonds. The summed E-state index contributed by atoms with van der Waals surface area (Å²) in [6, 6.07) is 10.9. The molecule has 2 aliphatic rings. The summed E-state index contributed by atoms with van der Waals surface area (Å²) in [5.41, 5.74) is 1.46. The summed E-state index contributed by atoms with van der Waals surface area (Å²) >= 11 is 0. The van der Waals surface area contributed by atoms with Crippen LogP contribution in [-0.4, -0.2) is 45.8 Å². The molecule has 29 heavy (non-hydrogen) atoms. The highest BCUT2D eigenvalue weighted by Crippen LogP contribution is 2.32. The zero-order valence-electron chi connectivity index (χ0n) is 17.5. The van der Waals surface area contributed by atoms with Crippen molar-refractivity contribution in [2.24, 2.45) is 10.9 Å². The van der Waals surface area contributed by atoms with E-state index in [2.05, 4.69) is 67.2 Å². The standard InChI is InChI=1S/C22H32N6.HI/c1-17-16-27(14-12-19(17)18-9-5-3-6-10-18)22(23-2)24-15-21-26-25-20-11-7-4-8-13-28(20)21;/h3,5-6,9-10,17,19H,4,7-8,11-16H2,1-2H3,(H,23,24);1H. The maximum absolute atomic E-state index is 4.55. The number of hydrogen-bond donors (Lipinski definition) is 1. The van der Waals surface area contributed by atoms with Gasteiger partial charge in [0.2, 0.25) is 0 Å². The van der Waals surface area contributed by atoms with E-state index in [1.165, 1.54) is 24.8 Å². The molecule has 1 N–H and O–H groups in total. The Kier molecular flexibility index (Phi) is 7.91. The van der Waals surface area contributed by atoms with Crippen LogP contribution in [0.15, 0.2) is 35.3 Å². The van der Waals surface area contributed by atoms with Crippen molar-refractivity contribution in [2.75, 3.05) is 20.1 Å².